The predicted octanol–water partition coefficient (Wildman–Crippen LogP) is 2.19. The maximum Gasteiger partial charge on any atom is 0.227 e. The number of benzene rings is 1. The number of phenols is 1. The second-order valence-electron chi connectivity index (χ2n) is 4.07. The highest BCUT2D eigenvalue weighted by Crippen LogP contribution is 2.17. The summed E-state index contributed by atoms with van der Waals surface area (Å²) in [4.78, 5) is 13.6. The smallest absolute Gasteiger partial charge is 0.227 e. The maximum atomic E-state index is 11.9. The molecular weight excluding hydrogens is 202 g/mol. The number of aromatic hydroxyl groups is 1. The van der Waals surface area contributed by atoms with Gasteiger partial charge in [-0.15, -0.1) is 0 Å². The molecule has 1 atom stereocenters. The Morgan fingerprint density at radius 2 is 2.06 bits per heavy atom. The third-order valence-corrected chi connectivity index (χ3v) is 2.98. The van der Waals surface area contributed by atoms with E-state index >= 15 is 0 Å². The van der Waals surface area contributed by atoms with Gasteiger partial charge in [-0.05, 0) is 19.4 Å². The Morgan fingerprint density at radius 1 is 1.44 bits per heavy atom. The molecule has 0 aliphatic heterocycles. The number of para-hydroxylation sites is 1. The van der Waals surface area contributed by atoms with Crippen molar-refractivity contribution in [2.45, 2.75) is 32.7 Å². The highest BCUT2D eigenvalue weighted by Gasteiger charge is 2.15. The molecule has 0 saturated heterocycles. The van der Waals surface area contributed by atoms with Crippen molar-refractivity contribution in [1.29, 1.82) is 0 Å². The van der Waals surface area contributed by atoms with Crippen molar-refractivity contribution in [3.63, 3.8) is 0 Å². The number of hydrogen-bond acceptors (Lipinski definition) is 2. The number of nitrogens with zero attached hydrogens (tertiary/aromatic N) is 1. The number of rotatable bonds is 4. The van der Waals surface area contributed by atoms with Crippen LogP contribution in [0.15, 0.2) is 24.3 Å². The molecule has 88 valence electrons. The number of carbonyl (C=O) groups excluding carboxylic acids is 1. The molecule has 0 bridgehead atoms. The van der Waals surface area contributed by atoms with E-state index in [1.807, 2.05) is 13.0 Å². The van der Waals surface area contributed by atoms with Gasteiger partial charge >= 0.3 is 0 Å². The van der Waals surface area contributed by atoms with E-state index in [0.717, 1.165) is 6.42 Å². The fraction of sp³-hybridized carbons (Fsp3) is 0.462. The van der Waals surface area contributed by atoms with E-state index in [0.29, 0.717) is 5.56 Å². The van der Waals surface area contributed by atoms with E-state index in [1.165, 1.54) is 0 Å². The van der Waals surface area contributed by atoms with E-state index in [4.69, 9.17) is 0 Å². The third-order valence-electron chi connectivity index (χ3n) is 2.98. The summed E-state index contributed by atoms with van der Waals surface area (Å²) in [5.41, 5.74) is 0.683. The minimum atomic E-state index is 0.0378. The third kappa shape index (κ3) is 2.99. The largest absolute Gasteiger partial charge is 0.508 e. The number of likely N-dealkylation sites (N-methyl/N-ethyl adjacent to an activating group) is 1. The standard InChI is InChI=1S/C13H19NO2/c1-4-10(2)14(3)13(16)9-11-7-5-6-8-12(11)15/h5-8,10,15H,4,9H2,1-3H3. The summed E-state index contributed by atoms with van der Waals surface area (Å²) in [6, 6.07) is 7.19. The van der Waals surface area contributed by atoms with Crippen molar-refractivity contribution in [2.75, 3.05) is 7.05 Å². The lowest BCUT2D eigenvalue weighted by atomic mass is 10.1. The molecule has 0 aromatic heterocycles. The van der Waals surface area contributed by atoms with Crippen LogP contribution in [0.5, 0.6) is 5.75 Å². The Kier molecular flexibility index (Phi) is 4.35. The summed E-state index contributed by atoms with van der Waals surface area (Å²) in [6.45, 7) is 4.07. The van der Waals surface area contributed by atoms with E-state index in [-0.39, 0.29) is 24.1 Å². The van der Waals surface area contributed by atoms with Crippen LogP contribution >= 0.6 is 0 Å². The highest BCUT2D eigenvalue weighted by molar-refractivity contribution is 5.79. The van der Waals surface area contributed by atoms with Crippen molar-refractivity contribution in [3.05, 3.63) is 29.8 Å². The van der Waals surface area contributed by atoms with Crippen LogP contribution in [0.25, 0.3) is 0 Å². The van der Waals surface area contributed by atoms with E-state index in [9.17, 15) is 9.90 Å². The molecule has 1 amide bonds. The molecule has 0 aliphatic rings. The maximum absolute atomic E-state index is 11.9. The van der Waals surface area contributed by atoms with Crippen molar-refractivity contribution in [2.24, 2.45) is 0 Å². The molecule has 1 aromatic carbocycles. The minimum Gasteiger partial charge on any atom is -0.508 e. The number of hydrogen-bond donors (Lipinski definition) is 1. The molecule has 0 spiro atoms. The number of amides is 1. The molecule has 0 radical (unpaired) electrons. The first-order chi connectivity index (χ1) is 7.56. The lowest BCUT2D eigenvalue weighted by molar-refractivity contribution is -0.131. The molecule has 16 heavy (non-hydrogen) atoms. The van der Waals surface area contributed by atoms with Crippen molar-refractivity contribution in [3.8, 4) is 5.75 Å². The molecule has 1 N–H and O–H groups in total. The second kappa shape index (κ2) is 5.54. The fourth-order valence-corrected chi connectivity index (χ4v) is 1.47. The Hall–Kier alpha value is -1.51. The van der Waals surface area contributed by atoms with Crippen LogP contribution in [-0.4, -0.2) is 29.0 Å². The van der Waals surface area contributed by atoms with Crippen LogP contribution in [0.3, 0.4) is 0 Å². The van der Waals surface area contributed by atoms with E-state index < -0.39 is 0 Å². The minimum absolute atomic E-state index is 0.0378. The van der Waals surface area contributed by atoms with E-state index in [1.54, 1.807) is 30.1 Å². The molecule has 1 unspecified atom stereocenters. The summed E-state index contributed by atoms with van der Waals surface area (Å²) in [5, 5.41) is 9.57. The molecule has 0 aliphatic carbocycles. The Morgan fingerprint density at radius 3 is 2.62 bits per heavy atom. The summed E-state index contributed by atoms with van der Waals surface area (Å²) in [6.07, 6.45) is 1.19. The van der Waals surface area contributed by atoms with Gasteiger partial charge in [0, 0.05) is 18.7 Å². The summed E-state index contributed by atoms with van der Waals surface area (Å²) in [7, 11) is 1.80. The SMILES string of the molecule is CCC(C)N(C)C(=O)Cc1ccccc1O. The highest BCUT2D eigenvalue weighted by atomic mass is 16.3. The van der Waals surface area contributed by atoms with Gasteiger partial charge in [0.2, 0.25) is 5.91 Å². The van der Waals surface area contributed by atoms with Gasteiger partial charge in [-0.1, -0.05) is 25.1 Å². The zero-order valence-corrected chi connectivity index (χ0v) is 10.1. The lowest BCUT2D eigenvalue weighted by Crippen LogP contribution is -2.35. The zero-order valence-electron chi connectivity index (χ0n) is 10.1. The first kappa shape index (κ1) is 12.6. The van der Waals surface area contributed by atoms with Crippen LogP contribution in [0.1, 0.15) is 25.8 Å². The molecular formula is C13H19NO2. The van der Waals surface area contributed by atoms with Crippen LogP contribution in [0.2, 0.25) is 0 Å². The van der Waals surface area contributed by atoms with Gasteiger partial charge in [0.05, 0.1) is 6.42 Å². The zero-order chi connectivity index (χ0) is 12.1. The normalized spacial score (nSPS) is 12.2. The first-order valence-corrected chi connectivity index (χ1v) is 5.58. The monoisotopic (exact) mass is 221 g/mol. The second-order valence-corrected chi connectivity index (χ2v) is 4.07. The van der Waals surface area contributed by atoms with Crippen LogP contribution in [-0.2, 0) is 11.2 Å². The average molecular weight is 221 g/mol. The molecule has 1 rings (SSSR count). The molecule has 0 fully saturated rings. The lowest BCUT2D eigenvalue weighted by Gasteiger charge is -2.24. The Balaban J connectivity index is 2.68. The van der Waals surface area contributed by atoms with Crippen molar-refractivity contribution >= 4 is 5.91 Å². The first-order valence-electron chi connectivity index (χ1n) is 5.58. The van der Waals surface area contributed by atoms with Gasteiger partial charge in [0.1, 0.15) is 5.75 Å². The quantitative estimate of drug-likeness (QED) is 0.846. The van der Waals surface area contributed by atoms with Gasteiger partial charge < -0.3 is 10.0 Å². The Bertz CT molecular complexity index is 363. The van der Waals surface area contributed by atoms with Gasteiger partial charge in [-0.3, -0.25) is 4.79 Å². The summed E-state index contributed by atoms with van der Waals surface area (Å²) < 4.78 is 0. The topological polar surface area (TPSA) is 40.5 Å². The van der Waals surface area contributed by atoms with Crippen molar-refractivity contribution < 1.29 is 9.90 Å². The number of phenolic OH excluding ortho intramolecular Hbond substituents is 1. The van der Waals surface area contributed by atoms with Gasteiger partial charge in [-0.25, -0.2) is 0 Å². The van der Waals surface area contributed by atoms with Gasteiger partial charge in [0.25, 0.3) is 0 Å². The fourth-order valence-electron chi connectivity index (χ4n) is 1.47. The Labute approximate surface area is 96.7 Å². The molecule has 3 nitrogen and oxygen atoms in total. The van der Waals surface area contributed by atoms with Crippen LogP contribution in [0, 0.1) is 0 Å². The van der Waals surface area contributed by atoms with E-state index in [2.05, 4.69) is 6.92 Å². The summed E-state index contributed by atoms with van der Waals surface area (Å²) in [5.74, 6) is 0.226. The van der Waals surface area contributed by atoms with Crippen LogP contribution < -0.4 is 0 Å². The predicted molar refractivity (Wildman–Crippen MR) is 64.3 cm³/mol. The molecule has 0 heterocycles. The molecule has 0 saturated carbocycles. The average Bonchev–Trinajstić information content (AvgIpc) is 2.30. The summed E-state index contributed by atoms with van der Waals surface area (Å²) >= 11 is 0. The number of carbonyl (C=O) groups is 1. The van der Waals surface area contributed by atoms with Crippen molar-refractivity contribution in [1.82, 2.24) is 4.90 Å². The molecule has 1 aromatic rings. The van der Waals surface area contributed by atoms with Gasteiger partial charge in [0.15, 0.2) is 0 Å². The molecule has 3 heteroatoms. The van der Waals surface area contributed by atoms with Gasteiger partial charge in [-0.2, -0.15) is 0 Å². The van der Waals surface area contributed by atoms with Crippen LogP contribution in [0.4, 0.5) is 0 Å².